The fraction of sp³-hybridized carbons (Fsp3) is 0.158. The van der Waals surface area contributed by atoms with Crippen LogP contribution in [0.2, 0.25) is 0 Å². The zero-order valence-corrected chi connectivity index (χ0v) is 13.9. The molecule has 3 N–H and O–H groups in total. The molecule has 2 aromatic rings. The Labute approximate surface area is 141 Å². The molecule has 2 aromatic carbocycles. The van der Waals surface area contributed by atoms with Crippen LogP contribution in [0.5, 0.6) is 5.75 Å². The SMILES string of the molecule is CC(=O)N/C(=C/c1ccccc1C)C(=O)Nc1cc(C)ccc1O. The molecule has 0 spiro atoms. The van der Waals surface area contributed by atoms with Gasteiger partial charge in [-0.25, -0.2) is 0 Å². The Morgan fingerprint density at radius 1 is 1.08 bits per heavy atom. The Balaban J connectivity index is 2.34. The monoisotopic (exact) mass is 324 g/mol. The van der Waals surface area contributed by atoms with Crippen molar-refractivity contribution in [2.75, 3.05) is 5.32 Å². The van der Waals surface area contributed by atoms with Crippen LogP contribution in [0.3, 0.4) is 0 Å². The number of amides is 2. The van der Waals surface area contributed by atoms with Gasteiger partial charge < -0.3 is 15.7 Å². The molecule has 2 amide bonds. The number of carbonyl (C=O) groups is 2. The van der Waals surface area contributed by atoms with Gasteiger partial charge >= 0.3 is 0 Å². The molecule has 0 fully saturated rings. The van der Waals surface area contributed by atoms with Crippen LogP contribution in [0.1, 0.15) is 23.6 Å². The number of anilines is 1. The van der Waals surface area contributed by atoms with Gasteiger partial charge in [0.15, 0.2) is 0 Å². The third kappa shape index (κ3) is 4.46. The van der Waals surface area contributed by atoms with E-state index in [9.17, 15) is 14.7 Å². The van der Waals surface area contributed by atoms with Crippen LogP contribution in [-0.2, 0) is 9.59 Å². The van der Waals surface area contributed by atoms with Gasteiger partial charge in [0, 0.05) is 6.92 Å². The van der Waals surface area contributed by atoms with Gasteiger partial charge in [0.05, 0.1) is 5.69 Å². The van der Waals surface area contributed by atoms with E-state index >= 15 is 0 Å². The summed E-state index contributed by atoms with van der Waals surface area (Å²) in [6.45, 7) is 5.11. The zero-order chi connectivity index (χ0) is 17.7. The van der Waals surface area contributed by atoms with Crippen LogP contribution in [-0.4, -0.2) is 16.9 Å². The summed E-state index contributed by atoms with van der Waals surface area (Å²) < 4.78 is 0. The first-order chi connectivity index (χ1) is 11.4. The lowest BCUT2D eigenvalue weighted by Crippen LogP contribution is -2.29. The van der Waals surface area contributed by atoms with Crippen molar-refractivity contribution in [2.24, 2.45) is 0 Å². The molecule has 0 unspecified atom stereocenters. The minimum absolute atomic E-state index is 0.0352. The number of hydrogen-bond donors (Lipinski definition) is 3. The van der Waals surface area contributed by atoms with E-state index in [1.807, 2.05) is 38.1 Å². The summed E-state index contributed by atoms with van der Waals surface area (Å²) in [6.07, 6.45) is 1.61. The highest BCUT2D eigenvalue weighted by Crippen LogP contribution is 2.24. The van der Waals surface area contributed by atoms with E-state index in [1.54, 1.807) is 18.2 Å². The molecule has 0 aliphatic rings. The van der Waals surface area contributed by atoms with Gasteiger partial charge in [-0.3, -0.25) is 9.59 Å². The topological polar surface area (TPSA) is 78.4 Å². The Kier molecular flexibility index (Phi) is 5.37. The number of carbonyl (C=O) groups excluding carboxylic acids is 2. The molecule has 0 heterocycles. The third-order valence-corrected chi connectivity index (χ3v) is 3.44. The predicted molar refractivity (Wildman–Crippen MR) is 94.4 cm³/mol. The average Bonchev–Trinajstić information content (AvgIpc) is 2.52. The molecule has 0 saturated carbocycles. The quantitative estimate of drug-likeness (QED) is 0.597. The number of phenols is 1. The highest BCUT2D eigenvalue weighted by atomic mass is 16.3. The normalized spacial score (nSPS) is 11.0. The van der Waals surface area contributed by atoms with Gasteiger partial charge in [0.25, 0.3) is 5.91 Å². The highest BCUT2D eigenvalue weighted by Gasteiger charge is 2.14. The maximum Gasteiger partial charge on any atom is 0.272 e. The molecule has 2 rings (SSSR count). The summed E-state index contributed by atoms with van der Waals surface area (Å²) in [7, 11) is 0. The smallest absolute Gasteiger partial charge is 0.272 e. The number of aryl methyl sites for hydroxylation is 2. The summed E-state index contributed by atoms with van der Waals surface area (Å²) in [5.41, 5.74) is 3.10. The molecule has 24 heavy (non-hydrogen) atoms. The lowest BCUT2D eigenvalue weighted by atomic mass is 10.1. The summed E-state index contributed by atoms with van der Waals surface area (Å²) >= 11 is 0. The van der Waals surface area contributed by atoms with Crippen molar-refractivity contribution in [3.05, 3.63) is 64.9 Å². The largest absolute Gasteiger partial charge is 0.506 e. The van der Waals surface area contributed by atoms with E-state index in [-0.39, 0.29) is 17.4 Å². The molecule has 124 valence electrons. The van der Waals surface area contributed by atoms with Crippen LogP contribution < -0.4 is 10.6 Å². The Hall–Kier alpha value is -3.08. The van der Waals surface area contributed by atoms with Crippen LogP contribution >= 0.6 is 0 Å². The molecule has 0 saturated heterocycles. The van der Waals surface area contributed by atoms with E-state index in [4.69, 9.17) is 0 Å². The minimum Gasteiger partial charge on any atom is -0.506 e. The van der Waals surface area contributed by atoms with E-state index < -0.39 is 5.91 Å². The number of hydrogen-bond acceptors (Lipinski definition) is 3. The Bertz CT molecular complexity index is 810. The predicted octanol–water partition coefficient (Wildman–Crippen LogP) is 3.12. The first-order valence-corrected chi connectivity index (χ1v) is 7.52. The van der Waals surface area contributed by atoms with Gasteiger partial charge in [-0.15, -0.1) is 0 Å². The maximum absolute atomic E-state index is 12.5. The molecule has 5 heteroatoms. The number of aromatic hydroxyl groups is 1. The Morgan fingerprint density at radius 2 is 1.79 bits per heavy atom. The highest BCUT2D eigenvalue weighted by molar-refractivity contribution is 6.09. The lowest BCUT2D eigenvalue weighted by Gasteiger charge is -2.12. The van der Waals surface area contributed by atoms with Crippen LogP contribution in [0.15, 0.2) is 48.2 Å². The molecule has 5 nitrogen and oxygen atoms in total. The van der Waals surface area contributed by atoms with Crippen molar-refractivity contribution < 1.29 is 14.7 Å². The number of nitrogens with one attached hydrogen (secondary N) is 2. The van der Waals surface area contributed by atoms with Gasteiger partial charge in [-0.2, -0.15) is 0 Å². The molecule has 0 aromatic heterocycles. The molecule has 0 aliphatic heterocycles. The third-order valence-electron chi connectivity index (χ3n) is 3.44. The van der Waals surface area contributed by atoms with Crippen LogP contribution in [0, 0.1) is 13.8 Å². The van der Waals surface area contributed by atoms with Gasteiger partial charge in [0.1, 0.15) is 11.4 Å². The van der Waals surface area contributed by atoms with Crippen molar-refractivity contribution >= 4 is 23.6 Å². The van der Waals surface area contributed by atoms with E-state index in [0.29, 0.717) is 5.69 Å². The van der Waals surface area contributed by atoms with Gasteiger partial charge in [0.2, 0.25) is 5.91 Å². The maximum atomic E-state index is 12.5. The Morgan fingerprint density at radius 3 is 2.46 bits per heavy atom. The van der Waals surface area contributed by atoms with E-state index in [0.717, 1.165) is 16.7 Å². The van der Waals surface area contributed by atoms with Crippen molar-refractivity contribution in [1.82, 2.24) is 5.32 Å². The standard InChI is InChI=1S/C19H20N2O3/c1-12-8-9-18(23)16(10-12)21-19(24)17(20-14(3)22)11-15-7-5-4-6-13(15)2/h4-11,23H,1-3H3,(H,20,22)(H,21,24)/b17-11+. The fourth-order valence-corrected chi connectivity index (χ4v) is 2.19. The molecular formula is C19H20N2O3. The molecule has 0 bridgehead atoms. The second-order valence-electron chi connectivity index (χ2n) is 5.57. The van der Waals surface area contributed by atoms with Crippen molar-refractivity contribution in [3.8, 4) is 5.75 Å². The summed E-state index contributed by atoms with van der Waals surface area (Å²) in [5, 5.41) is 15.0. The van der Waals surface area contributed by atoms with Crippen molar-refractivity contribution in [3.63, 3.8) is 0 Å². The van der Waals surface area contributed by atoms with Crippen molar-refractivity contribution in [1.29, 1.82) is 0 Å². The zero-order valence-electron chi connectivity index (χ0n) is 13.9. The molecular weight excluding hydrogens is 304 g/mol. The number of rotatable bonds is 4. The summed E-state index contributed by atoms with van der Waals surface area (Å²) in [6, 6.07) is 12.4. The molecule has 0 radical (unpaired) electrons. The average molecular weight is 324 g/mol. The fourth-order valence-electron chi connectivity index (χ4n) is 2.19. The first kappa shape index (κ1) is 17.3. The second kappa shape index (κ2) is 7.46. The summed E-state index contributed by atoms with van der Waals surface area (Å²) in [5.74, 6) is -0.889. The lowest BCUT2D eigenvalue weighted by molar-refractivity contribution is -0.120. The number of benzene rings is 2. The van der Waals surface area contributed by atoms with E-state index in [2.05, 4.69) is 10.6 Å². The van der Waals surface area contributed by atoms with Crippen LogP contribution in [0.25, 0.3) is 6.08 Å². The summed E-state index contributed by atoms with van der Waals surface area (Å²) in [4.78, 5) is 23.9. The first-order valence-electron chi connectivity index (χ1n) is 7.52. The van der Waals surface area contributed by atoms with Gasteiger partial charge in [-0.1, -0.05) is 30.3 Å². The second-order valence-corrected chi connectivity index (χ2v) is 5.57. The molecule has 0 aliphatic carbocycles. The minimum atomic E-state index is -0.505. The number of phenolic OH excluding ortho intramolecular Hbond substituents is 1. The van der Waals surface area contributed by atoms with Gasteiger partial charge in [-0.05, 0) is 48.7 Å². The molecule has 0 atom stereocenters. The van der Waals surface area contributed by atoms with E-state index in [1.165, 1.54) is 13.0 Å². The van der Waals surface area contributed by atoms with Crippen molar-refractivity contribution in [2.45, 2.75) is 20.8 Å². The van der Waals surface area contributed by atoms with Crippen LogP contribution in [0.4, 0.5) is 5.69 Å².